The van der Waals surface area contributed by atoms with Crippen molar-refractivity contribution in [3.63, 3.8) is 0 Å². The van der Waals surface area contributed by atoms with Crippen LogP contribution in [0.15, 0.2) is 84.9 Å². The number of hydrogen-bond acceptors (Lipinski definition) is 3. The molecule has 1 aliphatic heterocycles. The highest BCUT2D eigenvalue weighted by atomic mass is 19.1. The van der Waals surface area contributed by atoms with Crippen molar-refractivity contribution in [2.24, 2.45) is 0 Å². The molecule has 172 valence electrons. The standard InChI is InChI=1S/C21H22FNO4.C6H6/c1-14(23-13-12-19(27-21(23)26)10-11-20(24)25)15-2-4-16(5-3-15)17-6-8-18(22)9-7-17;1-2-4-6-5-3-1/h2-9,14,19H,10-13H2,1H3,(H,24,25);1-6H. The summed E-state index contributed by atoms with van der Waals surface area (Å²) in [6, 6.07) is 26.0. The Labute approximate surface area is 193 Å². The Hall–Kier alpha value is -3.67. The Kier molecular flexibility index (Phi) is 8.58. The molecule has 0 spiro atoms. The Morgan fingerprint density at radius 2 is 1.52 bits per heavy atom. The van der Waals surface area contributed by atoms with Crippen LogP contribution in [-0.2, 0) is 9.53 Å². The lowest BCUT2D eigenvalue weighted by molar-refractivity contribution is -0.137. The molecule has 0 aromatic heterocycles. The number of ether oxygens (including phenoxy) is 1. The second kappa shape index (κ2) is 11.8. The Balaban J connectivity index is 0.000000442. The molecule has 0 radical (unpaired) electrons. The van der Waals surface area contributed by atoms with Crippen LogP contribution in [0, 0.1) is 5.82 Å². The van der Waals surface area contributed by atoms with Crippen molar-refractivity contribution in [2.75, 3.05) is 6.54 Å². The van der Waals surface area contributed by atoms with E-state index in [2.05, 4.69) is 0 Å². The van der Waals surface area contributed by atoms with Gasteiger partial charge >= 0.3 is 12.1 Å². The predicted octanol–water partition coefficient (Wildman–Crippen LogP) is 6.32. The highest BCUT2D eigenvalue weighted by Gasteiger charge is 2.31. The van der Waals surface area contributed by atoms with Gasteiger partial charge in [0, 0.05) is 19.4 Å². The van der Waals surface area contributed by atoms with Crippen molar-refractivity contribution < 1.29 is 23.8 Å². The number of carbonyl (C=O) groups excluding carboxylic acids is 1. The first-order valence-corrected chi connectivity index (χ1v) is 11.0. The molecule has 1 fully saturated rings. The van der Waals surface area contributed by atoms with E-state index in [1.807, 2.05) is 67.6 Å². The van der Waals surface area contributed by atoms with Crippen LogP contribution in [0.5, 0.6) is 0 Å². The lowest BCUT2D eigenvalue weighted by Gasteiger charge is -2.35. The van der Waals surface area contributed by atoms with Crippen LogP contribution in [0.4, 0.5) is 9.18 Å². The van der Waals surface area contributed by atoms with Crippen molar-refractivity contribution in [3.8, 4) is 11.1 Å². The van der Waals surface area contributed by atoms with E-state index in [-0.39, 0.29) is 24.4 Å². The zero-order valence-corrected chi connectivity index (χ0v) is 18.6. The summed E-state index contributed by atoms with van der Waals surface area (Å²) in [4.78, 5) is 24.6. The highest BCUT2D eigenvalue weighted by Crippen LogP contribution is 2.28. The molecule has 6 heteroatoms. The maximum absolute atomic E-state index is 13.1. The summed E-state index contributed by atoms with van der Waals surface area (Å²) < 4.78 is 18.4. The molecule has 2 atom stereocenters. The third kappa shape index (κ3) is 7.17. The molecular weight excluding hydrogens is 421 g/mol. The minimum atomic E-state index is -0.886. The van der Waals surface area contributed by atoms with E-state index < -0.39 is 12.1 Å². The van der Waals surface area contributed by atoms with Crippen LogP contribution >= 0.6 is 0 Å². The quantitative estimate of drug-likeness (QED) is 0.478. The summed E-state index contributed by atoms with van der Waals surface area (Å²) in [7, 11) is 0. The van der Waals surface area contributed by atoms with Gasteiger partial charge in [0.2, 0.25) is 0 Å². The monoisotopic (exact) mass is 449 g/mol. The molecular formula is C27H28FNO4. The SMILES string of the molecule is CC(c1ccc(-c2ccc(F)cc2)cc1)N1CCC(CCC(=O)O)OC1=O.c1ccccc1. The maximum atomic E-state index is 13.1. The molecule has 2 unspecified atom stereocenters. The van der Waals surface area contributed by atoms with E-state index in [4.69, 9.17) is 9.84 Å². The Morgan fingerprint density at radius 1 is 1.00 bits per heavy atom. The summed E-state index contributed by atoms with van der Waals surface area (Å²) in [6.07, 6.45) is 0.218. The van der Waals surface area contributed by atoms with Gasteiger partial charge < -0.3 is 14.7 Å². The van der Waals surface area contributed by atoms with Gasteiger partial charge in [0.25, 0.3) is 0 Å². The Morgan fingerprint density at radius 3 is 2.00 bits per heavy atom. The van der Waals surface area contributed by atoms with Gasteiger partial charge in [-0.1, -0.05) is 72.8 Å². The largest absolute Gasteiger partial charge is 0.481 e. The number of amides is 1. The molecule has 5 nitrogen and oxygen atoms in total. The van der Waals surface area contributed by atoms with Crippen LogP contribution in [0.2, 0.25) is 0 Å². The van der Waals surface area contributed by atoms with Crippen molar-refractivity contribution in [2.45, 2.75) is 38.3 Å². The van der Waals surface area contributed by atoms with E-state index in [1.165, 1.54) is 12.1 Å². The van der Waals surface area contributed by atoms with Gasteiger partial charge in [-0.25, -0.2) is 9.18 Å². The number of aliphatic carboxylic acids is 1. The fourth-order valence-electron chi connectivity index (χ4n) is 3.64. The molecule has 0 bridgehead atoms. The number of cyclic esters (lactones) is 1. The second-order valence-corrected chi connectivity index (χ2v) is 7.88. The highest BCUT2D eigenvalue weighted by molar-refractivity contribution is 5.70. The minimum absolute atomic E-state index is 0.00164. The van der Waals surface area contributed by atoms with E-state index in [0.29, 0.717) is 19.4 Å². The molecule has 1 amide bonds. The topological polar surface area (TPSA) is 66.8 Å². The van der Waals surface area contributed by atoms with Crippen molar-refractivity contribution in [1.29, 1.82) is 0 Å². The average molecular weight is 450 g/mol. The van der Waals surface area contributed by atoms with Crippen LogP contribution < -0.4 is 0 Å². The van der Waals surface area contributed by atoms with Gasteiger partial charge in [-0.3, -0.25) is 4.79 Å². The zero-order chi connectivity index (χ0) is 23.6. The van der Waals surface area contributed by atoms with E-state index in [0.717, 1.165) is 16.7 Å². The van der Waals surface area contributed by atoms with Crippen LogP contribution in [-0.4, -0.2) is 34.7 Å². The number of rotatable bonds is 6. The summed E-state index contributed by atoms with van der Waals surface area (Å²) in [5.41, 5.74) is 2.87. The first-order chi connectivity index (χ1) is 15.9. The Bertz CT molecular complexity index is 996. The average Bonchev–Trinajstić information content (AvgIpc) is 2.84. The number of nitrogens with zero attached hydrogens (tertiary/aromatic N) is 1. The number of carbonyl (C=O) groups is 2. The fourth-order valence-corrected chi connectivity index (χ4v) is 3.64. The third-order valence-corrected chi connectivity index (χ3v) is 5.58. The number of halogens is 1. The van der Waals surface area contributed by atoms with Crippen molar-refractivity contribution in [3.05, 3.63) is 96.3 Å². The minimum Gasteiger partial charge on any atom is -0.481 e. The van der Waals surface area contributed by atoms with Gasteiger partial charge in [-0.2, -0.15) is 0 Å². The number of hydrogen-bond donors (Lipinski definition) is 1. The number of carboxylic acids is 1. The number of carboxylic acid groups (broad SMARTS) is 1. The van der Waals surface area contributed by atoms with Crippen LogP contribution in [0.25, 0.3) is 11.1 Å². The summed E-state index contributed by atoms with van der Waals surface area (Å²) in [5, 5.41) is 8.75. The van der Waals surface area contributed by atoms with Gasteiger partial charge in [-0.05, 0) is 42.2 Å². The lowest BCUT2D eigenvalue weighted by Crippen LogP contribution is -2.43. The fraction of sp³-hybridized carbons (Fsp3) is 0.259. The lowest BCUT2D eigenvalue weighted by atomic mass is 10.00. The molecule has 33 heavy (non-hydrogen) atoms. The van der Waals surface area contributed by atoms with Crippen LogP contribution in [0.3, 0.4) is 0 Å². The summed E-state index contributed by atoms with van der Waals surface area (Å²) >= 11 is 0. The molecule has 4 rings (SSSR count). The molecule has 1 saturated heterocycles. The van der Waals surface area contributed by atoms with Gasteiger partial charge in [0.05, 0.1) is 6.04 Å². The second-order valence-electron chi connectivity index (χ2n) is 7.88. The normalized spacial score (nSPS) is 16.2. The first-order valence-electron chi connectivity index (χ1n) is 11.0. The predicted molar refractivity (Wildman–Crippen MR) is 125 cm³/mol. The molecule has 0 saturated carbocycles. The number of benzene rings is 3. The van der Waals surface area contributed by atoms with Crippen LogP contribution in [0.1, 0.15) is 37.8 Å². The van der Waals surface area contributed by atoms with Gasteiger partial charge in [-0.15, -0.1) is 0 Å². The maximum Gasteiger partial charge on any atom is 0.410 e. The third-order valence-electron chi connectivity index (χ3n) is 5.58. The van der Waals surface area contributed by atoms with Crippen molar-refractivity contribution in [1.82, 2.24) is 4.90 Å². The van der Waals surface area contributed by atoms with E-state index in [1.54, 1.807) is 17.0 Å². The summed E-state index contributed by atoms with van der Waals surface area (Å²) in [5.74, 6) is -1.16. The molecule has 1 N–H and O–H groups in total. The molecule has 3 aromatic rings. The van der Waals surface area contributed by atoms with E-state index in [9.17, 15) is 14.0 Å². The molecule has 3 aromatic carbocycles. The molecule has 1 aliphatic rings. The molecule has 0 aliphatic carbocycles. The smallest absolute Gasteiger partial charge is 0.410 e. The van der Waals surface area contributed by atoms with Crippen molar-refractivity contribution >= 4 is 12.1 Å². The van der Waals surface area contributed by atoms with Gasteiger partial charge in [0.15, 0.2) is 0 Å². The first kappa shape index (κ1) is 24.0. The molecule has 1 heterocycles. The zero-order valence-electron chi connectivity index (χ0n) is 18.6. The van der Waals surface area contributed by atoms with Gasteiger partial charge in [0.1, 0.15) is 11.9 Å². The van der Waals surface area contributed by atoms with E-state index >= 15 is 0 Å². The summed E-state index contributed by atoms with van der Waals surface area (Å²) in [6.45, 7) is 2.47.